The summed E-state index contributed by atoms with van der Waals surface area (Å²) in [6.07, 6.45) is 63.5. The van der Waals surface area contributed by atoms with Crippen LogP contribution in [0.3, 0.4) is 0 Å². The van der Waals surface area contributed by atoms with Crippen molar-refractivity contribution < 1.29 is 32.9 Å². The number of likely N-dealkylation sites (N-methyl/N-ethyl adjacent to an activating group) is 1. The van der Waals surface area contributed by atoms with E-state index in [0.717, 1.165) is 57.8 Å². The number of phosphoric ester groups is 1. The molecule has 0 heterocycles. The molecule has 0 saturated carbocycles. The van der Waals surface area contributed by atoms with Gasteiger partial charge in [0.15, 0.2) is 0 Å². The molecule has 0 radical (unpaired) electrons. The van der Waals surface area contributed by atoms with Gasteiger partial charge in [0.05, 0.1) is 39.9 Å². The average Bonchev–Trinajstić information content (AvgIpc) is 3.26. The van der Waals surface area contributed by atoms with E-state index < -0.39 is 20.0 Å². The molecule has 3 unspecified atom stereocenters. The number of carbonyl (C=O) groups is 1. The van der Waals surface area contributed by atoms with Crippen LogP contribution in [-0.4, -0.2) is 73.4 Å². The Hall–Kier alpha value is -1.80. The van der Waals surface area contributed by atoms with Gasteiger partial charge in [-0.2, -0.15) is 0 Å². The monoisotopic (exact) mass is 934 g/mol. The number of hydrogen-bond donors (Lipinski definition) is 3. The first-order chi connectivity index (χ1) is 31.5. The second-order valence-electron chi connectivity index (χ2n) is 19.6. The lowest BCUT2D eigenvalue weighted by Crippen LogP contribution is -2.45. The number of allylic oxidation sites excluding steroid dienone is 9. The number of carbonyl (C=O) groups excluding carboxylic acids is 1. The summed E-state index contributed by atoms with van der Waals surface area (Å²) in [5.41, 5.74) is 0. The second kappa shape index (κ2) is 47.3. The van der Waals surface area contributed by atoms with Gasteiger partial charge in [0.25, 0.3) is 0 Å². The van der Waals surface area contributed by atoms with E-state index >= 15 is 0 Å². The maximum atomic E-state index is 12.9. The number of hydrogen-bond acceptors (Lipinski definition) is 5. The molecule has 0 fully saturated rings. The summed E-state index contributed by atoms with van der Waals surface area (Å²) < 4.78 is 23.5. The Kier molecular flexibility index (Phi) is 46.0. The molecule has 3 atom stereocenters. The van der Waals surface area contributed by atoms with Crippen molar-refractivity contribution in [3.63, 3.8) is 0 Å². The zero-order valence-electron chi connectivity index (χ0n) is 43.2. The fourth-order valence-electron chi connectivity index (χ4n) is 7.70. The number of aliphatic hydroxyl groups is 1. The number of unbranched alkanes of at least 4 members (excludes halogenated alkanes) is 28. The minimum Gasteiger partial charge on any atom is -0.387 e. The topological polar surface area (TPSA) is 105 Å². The molecule has 0 spiro atoms. The number of nitrogens with one attached hydrogen (secondary N) is 1. The molecule has 1 amide bonds. The Balaban J connectivity index is 3.98. The van der Waals surface area contributed by atoms with E-state index in [0.29, 0.717) is 17.4 Å². The van der Waals surface area contributed by atoms with Gasteiger partial charge in [-0.1, -0.05) is 222 Å². The summed E-state index contributed by atoms with van der Waals surface area (Å²) in [5, 5.41) is 13.8. The second-order valence-corrected chi connectivity index (χ2v) is 21.0. The van der Waals surface area contributed by atoms with E-state index in [9.17, 15) is 19.4 Å². The van der Waals surface area contributed by atoms with Gasteiger partial charge < -0.3 is 19.8 Å². The van der Waals surface area contributed by atoms with Crippen LogP contribution >= 0.6 is 7.82 Å². The fraction of sp³-hybridized carbons (Fsp3) is 0.804. The molecule has 380 valence electrons. The van der Waals surface area contributed by atoms with Crippen LogP contribution in [0.25, 0.3) is 0 Å². The third-order valence-electron chi connectivity index (χ3n) is 11.9. The number of rotatable bonds is 49. The number of quaternary nitrogens is 1. The highest BCUT2D eigenvalue weighted by molar-refractivity contribution is 7.47. The van der Waals surface area contributed by atoms with Crippen molar-refractivity contribution in [1.82, 2.24) is 5.32 Å². The van der Waals surface area contributed by atoms with Crippen molar-refractivity contribution >= 4 is 13.7 Å². The Bertz CT molecular complexity index is 1240. The normalized spacial score (nSPS) is 14.5. The van der Waals surface area contributed by atoms with Crippen molar-refractivity contribution in [1.29, 1.82) is 0 Å². The number of aliphatic hydroxyl groups excluding tert-OH is 1. The number of phosphoric acid groups is 1. The van der Waals surface area contributed by atoms with Gasteiger partial charge in [0.2, 0.25) is 5.91 Å². The average molecular weight is 934 g/mol. The van der Waals surface area contributed by atoms with Crippen LogP contribution < -0.4 is 5.32 Å². The molecule has 9 heteroatoms. The predicted molar refractivity (Wildman–Crippen MR) is 281 cm³/mol. The van der Waals surface area contributed by atoms with E-state index in [1.807, 2.05) is 27.2 Å². The van der Waals surface area contributed by atoms with Crippen LogP contribution in [-0.2, 0) is 18.4 Å². The number of amides is 1. The lowest BCUT2D eigenvalue weighted by molar-refractivity contribution is -0.870. The van der Waals surface area contributed by atoms with Gasteiger partial charge in [0, 0.05) is 6.42 Å². The van der Waals surface area contributed by atoms with Crippen molar-refractivity contribution in [2.75, 3.05) is 40.9 Å². The molecule has 0 aromatic carbocycles. The Morgan fingerprint density at radius 2 is 0.938 bits per heavy atom. The first kappa shape index (κ1) is 63.2. The standard InChI is InChI=1S/C56H105N2O6P/c1-6-8-10-12-14-16-18-19-20-21-22-23-24-25-26-27-28-29-30-31-32-33-34-35-36-37-38-39-40-42-44-46-48-50-56(60)57-54(53-64-65(61,62)63-52-51-58(3,4)5)55(59)49-47-45-43-41-17-15-13-11-9-7-2/h9,11,17,22-23,25-26,41,47,49,54-55,59H,6-8,10,12-16,18-21,24,27-40,42-46,48,50-53H2,1-5H3,(H-,57,60,61,62)/p+1/b11-9+,23-22-,26-25-,41-17+,49-47+. The summed E-state index contributed by atoms with van der Waals surface area (Å²) in [5.74, 6) is -0.193. The molecule has 0 bridgehead atoms. The van der Waals surface area contributed by atoms with Gasteiger partial charge in [-0.15, -0.1) is 0 Å². The van der Waals surface area contributed by atoms with Crippen molar-refractivity contribution in [3.05, 3.63) is 60.8 Å². The molecule has 65 heavy (non-hydrogen) atoms. The smallest absolute Gasteiger partial charge is 0.387 e. The molecule has 0 aromatic rings. The maximum absolute atomic E-state index is 12.9. The molecule has 8 nitrogen and oxygen atoms in total. The highest BCUT2D eigenvalue weighted by Gasteiger charge is 2.27. The van der Waals surface area contributed by atoms with Crippen LogP contribution in [0.4, 0.5) is 0 Å². The van der Waals surface area contributed by atoms with Crippen molar-refractivity contribution in [2.45, 2.75) is 251 Å². The van der Waals surface area contributed by atoms with E-state index in [-0.39, 0.29) is 19.1 Å². The Morgan fingerprint density at radius 1 is 0.538 bits per heavy atom. The van der Waals surface area contributed by atoms with Gasteiger partial charge in [-0.25, -0.2) is 4.57 Å². The highest BCUT2D eigenvalue weighted by atomic mass is 31.2. The lowest BCUT2D eigenvalue weighted by atomic mass is 10.0. The first-order valence-electron chi connectivity index (χ1n) is 27.2. The van der Waals surface area contributed by atoms with Crippen LogP contribution in [0.1, 0.15) is 239 Å². The van der Waals surface area contributed by atoms with E-state index in [4.69, 9.17) is 9.05 Å². The molecule has 0 saturated heterocycles. The van der Waals surface area contributed by atoms with Gasteiger partial charge in [-0.05, 0) is 70.6 Å². The summed E-state index contributed by atoms with van der Waals surface area (Å²) in [6, 6.07) is -0.869. The fourth-order valence-corrected chi connectivity index (χ4v) is 8.44. The van der Waals surface area contributed by atoms with Crippen LogP contribution in [0.2, 0.25) is 0 Å². The zero-order chi connectivity index (χ0) is 47.8. The van der Waals surface area contributed by atoms with E-state index in [1.54, 1.807) is 6.08 Å². The van der Waals surface area contributed by atoms with Gasteiger partial charge in [-0.3, -0.25) is 13.8 Å². The Morgan fingerprint density at radius 3 is 1.38 bits per heavy atom. The summed E-state index contributed by atoms with van der Waals surface area (Å²) in [6.45, 7) is 4.66. The first-order valence-corrected chi connectivity index (χ1v) is 28.7. The molecule has 3 N–H and O–H groups in total. The molecular weight excluding hydrogens is 828 g/mol. The molecule has 0 rings (SSSR count). The minimum absolute atomic E-state index is 0.0522. The van der Waals surface area contributed by atoms with Crippen molar-refractivity contribution in [3.8, 4) is 0 Å². The molecule has 0 aromatic heterocycles. The Labute approximate surface area is 402 Å². The summed E-state index contributed by atoms with van der Waals surface area (Å²) >= 11 is 0. The van der Waals surface area contributed by atoms with Gasteiger partial charge in [0.1, 0.15) is 13.2 Å². The van der Waals surface area contributed by atoms with Gasteiger partial charge >= 0.3 is 7.82 Å². The molecular formula is C56H106N2O6P+. The van der Waals surface area contributed by atoms with Crippen molar-refractivity contribution in [2.24, 2.45) is 0 Å². The molecule has 0 aliphatic rings. The largest absolute Gasteiger partial charge is 0.472 e. The summed E-state index contributed by atoms with van der Waals surface area (Å²) in [4.78, 5) is 23.1. The zero-order valence-corrected chi connectivity index (χ0v) is 44.1. The lowest BCUT2D eigenvalue weighted by Gasteiger charge is -2.25. The molecule has 0 aliphatic carbocycles. The number of nitrogens with zero attached hydrogens (tertiary/aromatic N) is 1. The maximum Gasteiger partial charge on any atom is 0.472 e. The third kappa shape index (κ3) is 49.9. The van der Waals surface area contributed by atoms with Crippen LogP contribution in [0, 0.1) is 0 Å². The van der Waals surface area contributed by atoms with E-state index in [2.05, 4.69) is 67.8 Å². The molecule has 0 aliphatic heterocycles. The predicted octanol–water partition coefficient (Wildman–Crippen LogP) is 16.1. The third-order valence-corrected chi connectivity index (χ3v) is 12.9. The van der Waals surface area contributed by atoms with Crippen LogP contribution in [0.5, 0.6) is 0 Å². The van der Waals surface area contributed by atoms with E-state index in [1.165, 1.54) is 161 Å². The highest BCUT2D eigenvalue weighted by Crippen LogP contribution is 2.43. The quantitative estimate of drug-likeness (QED) is 0.0243. The minimum atomic E-state index is -4.35. The van der Waals surface area contributed by atoms with Crippen LogP contribution in [0.15, 0.2) is 60.8 Å². The SMILES string of the molecule is CC/C=C/CC/C=C/CC/C=C/C(O)C(COP(=O)(O)OCC[N+](C)(C)C)NC(=O)CCCCCCCCCCCCCCCCCCC/C=C\C/C=C\CCCCCCCCCCC. The summed E-state index contributed by atoms with van der Waals surface area (Å²) in [7, 11) is 1.54.